The van der Waals surface area contributed by atoms with E-state index in [1.807, 2.05) is 13.1 Å². The van der Waals surface area contributed by atoms with Gasteiger partial charge in [0, 0.05) is 43.4 Å². The molecule has 1 aromatic heterocycles. The van der Waals surface area contributed by atoms with Crippen molar-refractivity contribution in [2.75, 3.05) is 20.2 Å². The first kappa shape index (κ1) is 17.7. The number of hydrogen-bond donors (Lipinski definition) is 2. The van der Waals surface area contributed by atoms with Crippen molar-refractivity contribution in [3.8, 4) is 0 Å². The van der Waals surface area contributed by atoms with Crippen LogP contribution < -0.4 is 10.9 Å². The maximum atomic E-state index is 13.1. The van der Waals surface area contributed by atoms with E-state index >= 15 is 0 Å². The number of pyridine rings is 1. The van der Waals surface area contributed by atoms with Crippen molar-refractivity contribution < 1.29 is 9.90 Å². The van der Waals surface area contributed by atoms with E-state index in [1.165, 1.54) is 32.1 Å². The van der Waals surface area contributed by atoms with Gasteiger partial charge in [0.2, 0.25) is 5.91 Å². The number of nitrogens with zero attached hydrogens (tertiary/aromatic N) is 2. The molecule has 3 aliphatic rings. The second kappa shape index (κ2) is 7.16. The molecule has 2 N–H and O–H groups in total. The fourth-order valence-electron chi connectivity index (χ4n) is 5.40. The van der Waals surface area contributed by atoms with Gasteiger partial charge in [0.05, 0.1) is 12.0 Å². The Morgan fingerprint density at radius 2 is 2.04 bits per heavy atom. The molecule has 2 fully saturated rings. The minimum absolute atomic E-state index is 0.0167. The van der Waals surface area contributed by atoms with Crippen LogP contribution in [0, 0.1) is 17.8 Å². The third-order valence-corrected chi connectivity index (χ3v) is 6.82. The summed E-state index contributed by atoms with van der Waals surface area (Å²) in [5, 5.41) is 13.2. The molecule has 0 aromatic carbocycles. The Balaban J connectivity index is 1.57. The quantitative estimate of drug-likeness (QED) is 0.845. The number of aliphatic hydroxyl groups is 1. The van der Waals surface area contributed by atoms with Crippen LogP contribution in [0.4, 0.5) is 0 Å². The van der Waals surface area contributed by atoms with Crippen LogP contribution in [0.5, 0.6) is 0 Å². The second-order valence-electron chi connectivity index (χ2n) is 8.20. The van der Waals surface area contributed by atoms with Gasteiger partial charge in [-0.15, -0.1) is 0 Å². The van der Waals surface area contributed by atoms with Gasteiger partial charge in [0.25, 0.3) is 5.56 Å². The van der Waals surface area contributed by atoms with Crippen molar-refractivity contribution in [1.29, 1.82) is 0 Å². The highest BCUT2D eigenvalue weighted by molar-refractivity contribution is 5.80. The zero-order chi connectivity index (χ0) is 18.3. The third-order valence-electron chi connectivity index (χ3n) is 6.82. The highest BCUT2D eigenvalue weighted by atomic mass is 16.3. The second-order valence-corrected chi connectivity index (χ2v) is 8.20. The maximum absolute atomic E-state index is 13.1. The molecular weight excluding hydrogens is 330 g/mol. The first-order valence-corrected chi connectivity index (χ1v) is 9.92. The number of carbonyl (C=O) groups excluding carboxylic acids is 1. The van der Waals surface area contributed by atoms with Gasteiger partial charge in [0.15, 0.2) is 0 Å². The molecule has 1 saturated carbocycles. The van der Waals surface area contributed by atoms with Crippen molar-refractivity contribution >= 4 is 5.91 Å². The number of carbonyl (C=O) groups is 1. The van der Waals surface area contributed by atoms with E-state index in [0.717, 1.165) is 12.2 Å². The molecular formula is C20H29N3O3. The molecule has 6 heteroatoms. The topological polar surface area (TPSA) is 74.6 Å². The number of amides is 1. The predicted octanol–water partition coefficient (Wildman–Crippen LogP) is 1.14. The highest BCUT2D eigenvalue weighted by Crippen LogP contribution is 2.47. The molecule has 1 amide bonds. The Kier molecular flexibility index (Phi) is 4.88. The summed E-state index contributed by atoms with van der Waals surface area (Å²) in [5.74, 6) is 0.150. The summed E-state index contributed by atoms with van der Waals surface area (Å²) in [5.41, 5.74) is 0.871. The number of hydrogen-bond acceptors (Lipinski definition) is 4. The standard InChI is InChI=1S/C20H29N3O3/c1-22-16-11-23-15(8-5-9-17(23)25)19(22)18(14(16)12-24)20(26)21-10-13-6-3-2-4-7-13/h5,8-9,13-14,16,18-19,24H,2-4,6-7,10-12H2,1H3,(H,21,26)/t14-,16-,18+,19+/m0/s1. The van der Waals surface area contributed by atoms with Gasteiger partial charge >= 0.3 is 0 Å². The van der Waals surface area contributed by atoms with E-state index in [1.54, 1.807) is 16.7 Å². The Morgan fingerprint density at radius 1 is 1.27 bits per heavy atom. The molecule has 2 bridgehead atoms. The Bertz CT molecular complexity index is 725. The van der Waals surface area contributed by atoms with Crippen molar-refractivity contribution in [2.24, 2.45) is 17.8 Å². The van der Waals surface area contributed by atoms with Gasteiger partial charge in [-0.3, -0.25) is 14.5 Å². The number of aliphatic hydroxyl groups excluding tert-OH is 1. The molecule has 2 aliphatic heterocycles. The largest absolute Gasteiger partial charge is 0.396 e. The van der Waals surface area contributed by atoms with Crippen molar-refractivity contribution in [3.05, 3.63) is 34.2 Å². The highest BCUT2D eigenvalue weighted by Gasteiger charge is 2.54. The molecule has 0 spiro atoms. The van der Waals surface area contributed by atoms with Crippen LogP contribution >= 0.6 is 0 Å². The number of rotatable bonds is 4. The number of aromatic nitrogens is 1. The fourth-order valence-corrected chi connectivity index (χ4v) is 5.40. The van der Waals surface area contributed by atoms with Crippen molar-refractivity contribution in [3.63, 3.8) is 0 Å². The molecule has 0 unspecified atom stereocenters. The summed E-state index contributed by atoms with van der Waals surface area (Å²) in [6.45, 7) is 1.24. The van der Waals surface area contributed by atoms with Crippen LogP contribution in [0.2, 0.25) is 0 Å². The molecule has 1 aliphatic carbocycles. The summed E-state index contributed by atoms with van der Waals surface area (Å²) >= 11 is 0. The van der Waals surface area contributed by atoms with Crippen molar-refractivity contribution in [2.45, 2.75) is 50.7 Å². The molecule has 6 nitrogen and oxygen atoms in total. The van der Waals surface area contributed by atoms with Crippen molar-refractivity contribution in [1.82, 2.24) is 14.8 Å². The Morgan fingerprint density at radius 3 is 2.77 bits per heavy atom. The first-order chi connectivity index (χ1) is 12.6. The van der Waals surface area contributed by atoms with E-state index in [2.05, 4.69) is 10.2 Å². The van der Waals surface area contributed by atoms with Crippen LogP contribution in [-0.2, 0) is 11.3 Å². The molecule has 26 heavy (non-hydrogen) atoms. The van der Waals surface area contributed by atoms with E-state index in [0.29, 0.717) is 12.5 Å². The Labute approximate surface area is 154 Å². The lowest BCUT2D eigenvalue weighted by molar-refractivity contribution is -0.127. The first-order valence-electron chi connectivity index (χ1n) is 9.92. The minimum atomic E-state index is -0.311. The predicted molar refractivity (Wildman–Crippen MR) is 98.6 cm³/mol. The maximum Gasteiger partial charge on any atom is 0.250 e. The molecule has 4 atom stereocenters. The van der Waals surface area contributed by atoms with Crippen LogP contribution in [0.3, 0.4) is 0 Å². The number of likely N-dealkylation sites (N-methyl/N-ethyl adjacent to an activating group) is 1. The normalized spacial score (nSPS) is 31.6. The van der Waals surface area contributed by atoms with Gasteiger partial charge < -0.3 is 15.0 Å². The lowest BCUT2D eigenvalue weighted by Crippen LogP contribution is -2.44. The van der Waals surface area contributed by atoms with Crippen LogP contribution in [0.25, 0.3) is 0 Å². The molecule has 0 radical (unpaired) electrons. The zero-order valence-electron chi connectivity index (χ0n) is 15.4. The lowest BCUT2D eigenvalue weighted by atomic mass is 9.85. The summed E-state index contributed by atoms with van der Waals surface area (Å²) in [7, 11) is 2.01. The average molecular weight is 359 g/mol. The van der Waals surface area contributed by atoms with E-state index in [-0.39, 0.29) is 42.0 Å². The van der Waals surface area contributed by atoms with Crippen LogP contribution in [0.1, 0.15) is 43.8 Å². The van der Waals surface area contributed by atoms with Gasteiger partial charge in [-0.05, 0) is 31.9 Å². The smallest absolute Gasteiger partial charge is 0.250 e. The van der Waals surface area contributed by atoms with Crippen LogP contribution in [0.15, 0.2) is 23.0 Å². The monoisotopic (exact) mass is 359 g/mol. The van der Waals surface area contributed by atoms with E-state index in [9.17, 15) is 14.7 Å². The SMILES string of the molecule is CN1[C@@H]2c3cccc(=O)n3C[C@H]1[C@H](CO)[C@H]2C(=O)NCC1CCCCC1. The molecule has 1 aromatic rings. The summed E-state index contributed by atoms with van der Waals surface area (Å²) in [4.78, 5) is 27.6. The zero-order valence-corrected chi connectivity index (χ0v) is 15.4. The third kappa shape index (κ3) is 2.89. The minimum Gasteiger partial charge on any atom is -0.396 e. The van der Waals surface area contributed by atoms with Gasteiger partial charge in [-0.25, -0.2) is 0 Å². The average Bonchev–Trinajstić information content (AvgIpc) is 2.83. The van der Waals surface area contributed by atoms with E-state index < -0.39 is 0 Å². The summed E-state index contributed by atoms with van der Waals surface area (Å²) < 4.78 is 1.78. The van der Waals surface area contributed by atoms with Crippen LogP contribution in [-0.4, -0.2) is 46.7 Å². The fraction of sp³-hybridized carbons (Fsp3) is 0.700. The Hall–Kier alpha value is -1.66. The summed E-state index contributed by atoms with van der Waals surface area (Å²) in [6.07, 6.45) is 6.21. The lowest BCUT2D eigenvalue weighted by Gasteiger charge is -2.35. The number of nitrogens with one attached hydrogen (secondary N) is 1. The van der Waals surface area contributed by atoms with Gasteiger partial charge in [0.1, 0.15) is 0 Å². The molecule has 4 rings (SSSR count). The van der Waals surface area contributed by atoms with Gasteiger partial charge in [-0.1, -0.05) is 25.3 Å². The molecule has 142 valence electrons. The molecule has 3 heterocycles. The number of fused-ring (bicyclic) bond motifs is 4. The van der Waals surface area contributed by atoms with E-state index in [4.69, 9.17) is 0 Å². The molecule has 1 saturated heterocycles. The summed E-state index contributed by atoms with van der Waals surface area (Å²) in [6, 6.07) is 5.15. The van der Waals surface area contributed by atoms with Gasteiger partial charge in [-0.2, -0.15) is 0 Å².